The lowest BCUT2D eigenvalue weighted by atomic mass is 10.1. The normalized spacial score (nSPS) is 15.1. The largest absolute Gasteiger partial charge is 0.488 e. The molecule has 1 heterocycles. The summed E-state index contributed by atoms with van der Waals surface area (Å²) in [4.78, 5) is 38.7. The third kappa shape index (κ3) is 4.66. The highest BCUT2D eigenvalue weighted by molar-refractivity contribution is 6.39. The molecule has 160 valence electrons. The molecular formula is C24H16Cl2N2O4. The monoisotopic (exact) mass is 466 g/mol. The first-order chi connectivity index (χ1) is 15.4. The number of halogens is 2. The SMILES string of the molecule is O=C1NC(=O)N(c2ccc(Cl)cc2)C(=O)/C1=C/c1ccccc1OCc1ccc(Cl)cc1. The summed E-state index contributed by atoms with van der Waals surface area (Å²) >= 11 is 11.8. The number of ether oxygens (including phenoxy) is 1. The molecule has 32 heavy (non-hydrogen) atoms. The summed E-state index contributed by atoms with van der Waals surface area (Å²) in [5.74, 6) is -1.04. The number of hydrogen-bond donors (Lipinski definition) is 1. The number of nitrogens with one attached hydrogen (secondary N) is 1. The number of urea groups is 1. The Hall–Kier alpha value is -3.61. The van der Waals surface area contributed by atoms with Gasteiger partial charge in [0.15, 0.2) is 0 Å². The molecule has 3 aromatic carbocycles. The lowest BCUT2D eigenvalue weighted by Gasteiger charge is -2.26. The molecule has 1 aliphatic heterocycles. The molecule has 0 atom stereocenters. The molecule has 4 rings (SSSR count). The van der Waals surface area contributed by atoms with Gasteiger partial charge in [-0.1, -0.05) is 53.5 Å². The van der Waals surface area contributed by atoms with E-state index in [0.29, 0.717) is 27.0 Å². The van der Waals surface area contributed by atoms with Crippen LogP contribution in [0.25, 0.3) is 6.08 Å². The van der Waals surface area contributed by atoms with Gasteiger partial charge in [0, 0.05) is 15.6 Å². The van der Waals surface area contributed by atoms with Crippen molar-refractivity contribution >= 4 is 52.8 Å². The predicted molar refractivity (Wildman–Crippen MR) is 123 cm³/mol. The number of benzene rings is 3. The van der Waals surface area contributed by atoms with Crippen molar-refractivity contribution in [3.8, 4) is 5.75 Å². The van der Waals surface area contributed by atoms with Gasteiger partial charge in [0.1, 0.15) is 17.9 Å². The highest BCUT2D eigenvalue weighted by Crippen LogP contribution is 2.27. The summed E-state index contributed by atoms with van der Waals surface area (Å²) in [7, 11) is 0. The van der Waals surface area contributed by atoms with Crippen LogP contribution in [-0.2, 0) is 16.2 Å². The van der Waals surface area contributed by atoms with E-state index < -0.39 is 17.8 Å². The van der Waals surface area contributed by atoms with E-state index in [4.69, 9.17) is 27.9 Å². The number of rotatable bonds is 5. The van der Waals surface area contributed by atoms with Crippen LogP contribution in [0, 0.1) is 0 Å². The lowest BCUT2D eigenvalue weighted by Crippen LogP contribution is -2.54. The van der Waals surface area contributed by atoms with Gasteiger partial charge >= 0.3 is 6.03 Å². The number of amides is 4. The summed E-state index contributed by atoms with van der Waals surface area (Å²) in [6.45, 7) is 0.271. The molecule has 0 unspecified atom stereocenters. The number of anilines is 1. The number of carbonyl (C=O) groups is 3. The number of imide groups is 2. The van der Waals surface area contributed by atoms with Crippen LogP contribution in [0.15, 0.2) is 78.4 Å². The summed E-state index contributed by atoms with van der Waals surface area (Å²) in [5, 5.41) is 3.28. The van der Waals surface area contributed by atoms with Gasteiger partial charge in [0.25, 0.3) is 11.8 Å². The van der Waals surface area contributed by atoms with E-state index in [2.05, 4.69) is 5.32 Å². The molecule has 0 bridgehead atoms. The first-order valence-electron chi connectivity index (χ1n) is 9.55. The van der Waals surface area contributed by atoms with E-state index in [0.717, 1.165) is 10.5 Å². The third-order valence-corrected chi connectivity index (χ3v) is 5.22. The second-order valence-corrected chi connectivity index (χ2v) is 7.76. The van der Waals surface area contributed by atoms with Crippen LogP contribution >= 0.6 is 23.2 Å². The fourth-order valence-electron chi connectivity index (χ4n) is 3.11. The molecule has 1 fully saturated rings. The highest BCUT2D eigenvalue weighted by Gasteiger charge is 2.36. The Balaban J connectivity index is 1.62. The maximum atomic E-state index is 13.0. The zero-order valence-corrected chi connectivity index (χ0v) is 18.1. The van der Waals surface area contributed by atoms with E-state index in [9.17, 15) is 14.4 Å². The van der Waals surface area contributed by atoms with Crippen molar-refractivity contribution in [1.82, 2.24) is 5.32 Å². The Morgan fingerprint density at radius 3 is 2.16 bits per heavy atom. The van der Waals surface area contributed by atoms with Gasteiger partial charge in [-0.3, -0.25) is 14.9 Å². The van der Waals surface area contributed by atoms with Crippen LogP contribution < -0.4 is 15.0 Å². The zero-order chi connectivity index (χ0) is 22.7. The van der Waals surface area contributed by atoms with E-state index in [-0.39, 0.29) is 12.2 Å². The third-order valence-electron chi connectivity index (χ3n) is 4.71. The van der Waals surface area contributed by atoms with Crippen molar-refractivity contribution in [3.63, 3.8) is 0 Å². The van der Waals surface area contributed by atoms with Crippen LogP contribution in [0.4, 0.5) is 10.5 Å². The topological polar surface area (TPSA) is 75.7 Å². The predicted octanol–water partition coefficient (Wildman–Crippen LogP) is 5.24. The molecule has 0 radical (unpaired) electrons. The van der Waals surface area contributed by atoms with Gasteiger partial charge in [-0.25, -0.2) is 9.69 Å². The molecule has 0 saturated carbocycles. The quantitative estimate of drug-likeness (QED) is 0.412. The Bertz CT molecular complexity index is 1220. The van der Waals surface area contributed by atoms with Crippen LogP contribution in [0.2, 0.25) is 10.0 Å². The number of para-hydroxylation sites is 1. The van der Waals surface area contributed by atoms with E-state index in [1.165, 1.54) is 18.2 Å². The molecule has 0 spiro atoms. The molecule has 0 aromatic heterocycles. The summed E-state index contributed by atoms with van der Waals surface area (Å²) in [5.41, 5.74) is 1.53. The molecule has 1 aliphatic rings. The van der Waals surface area contributed by atoms with Crippen molar-refractivity contribution in [2.45, 2.75) is 6.61 Å². The second-order valence-electron chi connectivity index (χ2n) is 6.89. The summed E-state index contributed by atoms with van der Waals surface area (Å²) < 4.78 is 5.89. The molecule has 6 nitrogen and oxygen atoms in total. The molecular weight excluding hydrogens is 451 g/mol. The standard InChI is InChI=1S/C24H16Cl2N2O4/c25-17-7-5-15(6-8-17)14-32-21-4-2-1-3-16(21)13-20-22(29)27-24(31)28(23(20)30)19-11-9-18(26)10-12-19/h1-13H,14H2,(H,27,29,31)/b20-13+. The fourth-order valence-corrected chi connectivity index (χ4v) is 3.36. The van der Waals surface area contributed by atoms with Gasteiger partial charge in [-0.2, -0.15) is 0 Å². The minimum atomic E-state index is -0.827. The Labute approximate surface area is 194 Å². The van der Waals surface area contributed by atoms with Crippen LogP contribution in [0.1, 0.15) is 11.1 Å². The van der Waals surface area contributed by atoms with Crippen molar-refractivity contribution in [2.75, 3.05) is 4.90 Å². The molecule has 0 aliphatic carbocycles. The summed E-state index contributed by atoms with van der Waals surface area (Å²) in [6, 6.07) is 19.5. The minimum Gasteiger partial charge on any atom is -0.488 e. The van der Waals surface area contributed by atoms with Gasteiger partial charge < -0.3 is 4.74 Å². The van der Waals surface area contributed by atoms with E-state index in [1.807, 2.05) is 12.1 Å². The average molecular weight is 467 g/mol. The molecule has 8 heteroatoms. The highest BCUT2D eigenvalue weighted by atomic mass is 35.5. The first-order valence-corrected chi connectivity index (χ1v) is 10.3. The maximum absolute atomic E-state index is 13.0. The number of carbonyl (C=O) groups excluding carboxylic acids is 3. The average Bonchev–Trinajstić information content (AvgIpc) is 2.78. The maximum Gasteiger partial charge on any atom is 0.335 e. The Morgan fingerprint density at radius 1 is 0.844 bits per heavy atom. The zero-order valence-electron chi connectivity index (χ0n) is 16.5. The summed E-state index contributed by atoms with van der Waals surface area (Å²) in [6.07, 6.45) is 1.41. The molecule has 1 N–H and O–H groups in total. The van der Waals surface area contributed by atoms with Crippen LogP contribution in [0.3, 0.4) is 0 Å². The van der Waals surface area contributed by atoms with Crippen molar-refractivity contribution < 1.29 is 19.1 Å². The fraction of sp³-hybridized carbons (Fsp3) is 0.0417. The van der Waals surface area contributed by atoms with Gasteiger partial charge in [0.05, 0.1) is 5.69 Å². The number of barbiturate groups is 1. The van der Waals surface area contributed by atoms with Gasteiger partial charge in [0.2, 0.25) is 0 Å². The smallest absolute Gasteiger partial charge is 0.335 e. The van der Waals surface area contributed by atoms with Crippen molar-refractivity contribution in [2.24, 2.45) is 0 Å². The Morgan fingerprint density at radius 2 is 1.47 bits per heavy atom. The second kappa shape index (κ2) is 9.26. The van der Waals surface area contributed by atoms with Gasteiger partial charge in [-0.15, -0.1) is 0 Å². The lowest BCUT2D eigenvalue weighted by molar-refractivity contribution is -0.122. The Kier molecular flexibility index (Phi) is 6.25. The van der Waals surface area contributed by atoms with Crippen LogP contribution in [-0.4, -0.2) is 17.8 Å². The van der Waals surface area contributed by atoms with E-state index >= 15 is 0 Å². The molecule has 4 amide bonds. The number of nitrogens with zero attached hydrogens (tertiary/aromatic N) is 1. The number of hydrogen-bond acceptors (Lipinski definition) is 4. The van der Waals surface area contributed by atoms with Crippen LogP contribution in [0.5, 0.6) is 5.75 Å². The molecule has 1 saturated heterocycles. The minimum absolute atomic E-state index is 0.193. The first kappa shape index (κ1) is 21.6. The van der Waals surface area contributed by atoms with Crippen molar-refractivity contribution in [1.29, 1.82) is 0 Å². The molecule has 3 aromatic rings. The van der Waals surface area contributed by atoms with Crippen molar-refractivity contribution in [3.05, 3.63) is 99.5 Å². The van der Waals surface area contributed by atoms with Gasteiger partial charge in [-0.05, 0) is 54.1 Å². The van der Waals surface area contributed by atoms with E-state index in [1.54, 1.807) is 48.5 Å².